The zero-order chi connectivity index (χ0) is 25.5. The minimum atomic E-state index is -0.999. The molecule has 0 saturated carbocycles. The van der Waals surface area contributed by atoms with E-state index in [1.54, 1.807) is 78.9 Å². The second kappa shape index (κ2) is 11.4. The van der Waals surface area contributed by atoms with Crippen LogP contribution in [0.15, 0.2) is 91.1 Å². The first-order valence-corrected chi connectivity index (χ1v) is 11.3. The van der Waals surface area contributed by atoms with Crippen molar-refractivity contribution in [2.24, 2.45) is 0 Å². The molecule has 0 aliphatic rings. The molecular formula is C26H19Cl2N3O5. The second-order valence-corrected chi connectivity index (χ2v) is 8.05. The minimum absolute atomic E-state index is 0.0283. The highest BCUT2D eigenvalue weighted by molar-refractivity contribution is 6.44. The van der Waals surface area contributed by atoms with Gasteiger partial charge >= 0.3 is 12.2 Å². The van der Waals surface area contributed by atoms with E-state index in [0.717, 1.165) is 0 Å². The maximum atomic E-state index is 13.0. The number of imide groups is 1. The number of ether oxygens (including phenoxy) is 3. The van der Waals surface area contributed by atoms with Gasteiger partial charge in [-0.25, -0.2) is 14.6 Å². The highest BCUT2D eigenvalue weighted by atomic mass is 35.5. The molecule has 0 unspecified atom stereocenters. The summed E-state index contributed by atoms with van der Waals surface area (Å²) >= 11 is 12.3. The van der Waals surface area contributed by atoms with Crippen molar-refractivity contribution in [3.05, 3.63) is 107 Å². The summed E-state index contributed by atoms with van der Waals surface area (Å²) in [5.41, 5.74) is 6.65. The van der Waals surface area contributed by atoms with Crippen molar-refractivity contribution in [1.82, 2.24) is 4.98 Å². The lowest BCUT2D eigenvalue weighted by Gasteiger charge is -2.19. The maximum Gasteiger partial charge on any atom is 0.430 e. The number of carbonyl (C=O) groups excluding carboxylic acids is 2. The first-order chi connectivity index (χ1) is 17.4. The number of halogens is 2. The molecule has 8 nitrogen and oxygen atoms in total. The van der Waals surface area contributed by atoms with E-state index >= 15 is 0 Å². The lowest BCUT2D eigenvalue weighted by molar-refractivity contribution is 0.190. The van der Waals surface area contributed by atoms with Crippen LogP contribution in [0, 0.1) is 0 Å². The number of hydrogen-bond donors (Lipinski definition) is 1. The Hall–Kier alpha value is -4.27. The molecule has 0 bridgehead atoms. The lowest BCUT2D eigenvalue weighted by Crippen LogP contribution is -2.41. The highest BCUT2D eigenvalue weighted by Gasteiger charge is 2.29. The van der Waals surface area contributed by atoms with Gasteiger partial charge in [-0.1, -0.05) is 59.6 Å². The van der Waals surface area contributed by atoms with Crippen molar-refractivity contribution in [2.45, 2.75) is 6.61 Å². The Morgan fingerprint density at radius 2 is 1.39 bits per heavy atom. The number of nitrogens with zero attached hydrogens (tertiary/aromatic N) is 2. The molecular weight excluding hydrogens is 505 g/mol. The Morgan fingerprint density at radius 1 is 0.806 bits per heavy atom. The molecule has 0 radical (unpaired) electrons. The van der Waals surface area contributed by atoms with E-state index in [0.29, 0.717) is 21.9 Å². The zero-order valence-electron chi connectivity index (χ0n) is 18.6. The summed E-state index contributed by atoms with van der Waals surface area (Å²) in [4.78, 5) is 30.9. The van der Waals surface area contributed by atoms with Gasteiger partial charge in [0.1, 0.15) is 34.7 Å². The number of pyridine rings is 1. The Bertz CT molecular complexity index is 1320. The third-order valence-corrected chi connectivity index (χ3v) is 5.65. The Labute approximate surface area is 216 Å². The van der Waals surface area contributed by atoms with Crippen molar-refractivity contribution in [3.8, 4) is 17.2 Å². The molecule has 4 aromatic rings. The zero-order valence-corrected chi connectivity index (χ0v) is 20.1. The van der Waals surface area contributed by atoms with Gasteiger partial charge in [-0.05, 0) is 54.1 Å². The van der Waals surface area contributed by atoms with Gasteiger partial charge in [-0.2, -0.15) is 4.90 Å². The summed E-state index contributed by atoms with van der Waals surface area (Å²) in [6, 6.07) is 22.9. The molecule has 36 heavy (non-hydrogen) atoms. The fraction of sp³-hybridized carbons (Fsp3) is 0.0385. The number of rotatable bonds is 6. The SMILES string of the molecule is Nc1ccc(OCc2ccnc(N(C(=O)Oc3ccccc3)C(=O)Oc3ccccc3)c2)c(Cl)c1Cl. The van der Waals surface area contributed by atoms with Crippen LogP contribution in [-0.4, -0.2) is 17.2 Å². The van der Waals surface area contributed by atoms with Gasteiger partial charge in [-0.15, -0.1) is 0 Å². The molecule has 0 aliphatic carbocycles. The van der Waals surface area contributed by atoms with Gasteiger partial charge in [0, 0.05) is 6.20 Å². The summed E-state index contributed by atoms with van der Waals surface area (Å²) in [5, 5.41) is 0.355. The number of para-hydroxylation sites is 2. The predicted molar refractivity (Wildman–Crippen MR) is 137 cm³/mol. The second-order valence-electron chi connectivity index (χ2n) is 7.29. The summed E-state index contributed by atoms with van der Waals surface area (Å²) < 4.78 is 16.5. The van der Waals surface area contributed by atoms with Crippen LogP contribution in [0.1, 0.15) is 5.56 Å². The standard InChI is InChI=1S/C26H19Cl2N3O5/c27-23-20(29)11-12-21(24(23)28)34-16-17-13-14-30-22(15-17)31(25(32)35-18-7-3-1-4-8-18)26(33)36-19-9-5-2-6-10-19/h1-15H,16,29H2. The topological polar surface area (TPSA) is 104 Å². The van der Waals surface area contributed by atoms with E-state index in [-0.39, 0.29) is 34.0 Å². The average Bonchev–Trinajstić information content (AvgIpc) is 2.88. The highest BCUT2D eigenvalue weighted by Crippen LogP contribution is 2.36. The largest absolute Gasteiger partial charge is 0.487 e. The smallest absolute Gasteiger partial charge is 0.430 e. The number of hydrogen-bond acceptors (Lipinski definition) is 7. The number of nitrogen functional groups attached to an aromatic ring is 1. The lowest BCUT2D eigenvalue weighted by atomic mass is 10.2. The van der Waals surface area contributed by atoms with Gasteiger partial charge in [0.05, 0.1) is 10.7 Å². The molecule has 2 amide bonds. The molecule has 0 spiro atoms. The molecule has 10 heteroatoms. The van der Waals surface area contributed by atoms with Crippen LogP contribution < -0.4 is 24.8 Å². The van der Waals surface area contributed by atoms with Crippen LogP contribution in [-0.2, 0) is 6.61 Å². The molecule has 2 N–H and O–H groups in total. The average molecular weight is 524 g/mol. The van der Waals surface area contributed by atoms with E-state index in [2.05, 4.69) is 4.98 Å². The molecule has 182 valence electrons. The Balaban J connectivity index is 1.58. The third kappa shape index (κ3) is 6.04. The summed E-state index contributed by atoms with van der Waals surface area (Å²) in [7, 11) is 0. The number of nitrogens with two attached hydrogens (primary N) is 1. The van der Waals surface area contributed by atoms with E-state index in [9.17, 15) is 9.59 Å². The first-order valence-electron chi connectivity index (χ1n) is 10.6. The number of anilines is 2. The molecule has 3 aromatic carbocycles. The minimum Gasteiger partial charge on any atom is -0.487 e. The summed E-state index contributed by atoms with van der Waals surface area (Å²) in [6.45, 7) is 0.0325. The normalized spacial score (nSPS) is 10.4. The van der Waals surface area contributed by atoms with Crippen LogP contribution in [0.5, 0.6) is 17.2 Å². The van der Waals surface area contributed by atoms with Gasteiger partial charge < -0.3 is 19.9 Å². The van der Waals surface area contributed by atoms with Crippen molar-refractivity contribution >= 4 is 46.9 Å². The molecule has 0 fully saturated rings. The van der Waals surface area contributed by atoms with Crippen LogP contribution in [0.25, 0.3) is 0 Å². The van der Waals surface area contributed by atoms with Crippen LogP contribution >= 0.6 is 23.2 Å². The summed E-state index contributed by atoms with van der Waals surface area (Å²) in [6.07, 6.45) is -0.577. The van der Waals surface area contributed by atoms with Gasteiger partial charge in [-0.3, -0.25) is 0 Å². The molecule has 0 saturated heterocycles. The maximum absolute atomic E-state index is 13.0. The van der Waals surface area contributed by atoms with E-state index in [1.807, 2.05) is 0 Å². The third-order valence-electron chi connectivity index (χ3n) is 4.77. The van der Waals surface area contributed by atoms with Crippen LogP contribution in [0.4, 0.5) is 21.1 Å². The van der Waals surface area contributed by atoms with Crippen molar-refractivity contribution < 1.29 is 23.8 Å². The number of aromatic nitrogens is 1. The molecule has 4 rings (SSSR count). The van der Waals surface area contributed by atoms with Crippen molar-refractivity contribution in [2.75, 3.05) is 10.6 Å². The fourth-order valence-corrected chi connectivity index (χ4v) is 3.41. The van der Waals surface area contributed by atoms with E-state index in [1.165, 1.54) is 12.3 Å². The quantitative estimate of drug-likeness (QED) is 0.278. The van der Waals surface area contributed by atoms with Gasteiger partial charge in [0.15, 0.2) is 0 Å². The van der Waals surface area contributed by atoms with E-state index in [4.69, 9.17) is 43.1 Å². The predicted octanol–water partition coefficient (Wildman–Crippen LogP) is 6.75. The van der Waals surface area contributed by atoms with E-state index < -0.39 is 12.2 Å². The van der Waals surface area contributed by atoms with Crippen LogP contribution in [0.2, 0.25) is 10.0 Å². The van der Waals surface area contributed by atoms with Crippen molar-refractivity contribution in [1.29, 1.82) is 0 Å². The molecule has 0 aliphatic heterocycles. The monoisotopic (exact) mass is 523 g/mol. The van der Waals surface area contributed by atoms with Crippen molar-refractivity contribution in [3.63, 3.8) is 0 Å². The van der Waals surface area contributed by atoms with Gasteiger partial charge in [0.2, 0.25) is 0 Å². The summed E-state index contributed by atoms with van der Waals surface area (Å²) in [5.74, 6) is 0.779. The number of benzene rings is 3. The fourth-order valence-electron chi connectivity index (χ4n) is 3.02. The molecule has 0 atom stereocenters. The first kappa shape index (κ1) is 24.8. The van der Waals surface area contributed by atoms with Crippen LogP contribution in [0.3, 0.4) is 0 Å². The Kier molecular flexibility index (Phi) is 7.89. The number of carbonyl (C=O) groups is 2. The molecule has 1 heterocycles. The number of amides is 2. The Morgan fingerprint density at radius 3 is 1.97 bits per heavy atom. The molecule has 1 aromatic heterocycles. The van der Waals surface area contributed by atoms with Gasteiger partial charge in [0.25, 0.3) is 0 Å².